The molecule has 0 saturated carbocycles. The molecule has 5 rings (SSSR count). The molecule has 1 aliphatic rings. The van der Waals surface area contributed by atoms with Crippen molar-refractivity contribution in [1.82, 2.24) is 24.6 Å². The van der Waals surface area contributed by atoms with E-state index in [2.05, 4.69) is 10.1 Å². The zero-order valence-electron chi connectivity index (χ0n) is 21.1. The lowest BCUT2D eigenvalue weighted by Gasteiger charge is -2.29. The quantitative estimate of drug-likeness (QED) is 0.241. The SMILES string of the molecule is CN(Cc1ccc(C(F)(F)F)c(F)c1)[C@@H]1CN(C(=O)c2ccc(-n3cccn3)nc2)C[C@@H]1c1ccc(Cl)c(Cl)c1. The maximum atomic E-state index is 14.2. The van der Waals surface area contributed by atoms with Gasteiger partial charge in [0.2, 0.25) is 0 Å². The number of rotatable bonds is 6. The van der Waals surface area contributed by atoms with Crippen LogP contribution in [0, 0.1) is 5.82 Å². The Labute approximate surface area is 237 Å². The van der Waals surface area contributed by atoms with Crippen LogP contribution in [0.15, 0.2) is 73.2 Å². The number of likely N-dealkylation sites (N-methyl/N-ethyl adjacent to an activating group) is 1. The molecule has 1 fully saturated rings. The lowest BCUT2D eigenvalue weighted by Crippen LogP contribution is -2.38. The van der Waals surface area contributed by atoms with Crippen LogP contribution >= 0.6 is 23.2 Å². The zero-order valence-corrected chi connectivity index (χ0v) is 22.6. The lowest BCUT2D eigenvalue weighted by molar-refractivity contribution is -0.140. The number of alkyl halides is 3. The smallest absolute Gasteiger partial charge is 0.336 e. The van der Waals surface area contributed by atoms with E-state index in [4.69, 9.17) is 23.2 Å². The van der Waals surface area contributed by atoms with Gasteiger partial charge in [0.25, 0.3) is 5.91 Å². The van der Waals surface area contributed by atoms with Gasteiger partial charge in [-0.1, -0.05) is 35.3 Å². The maximum absolute atomic E-state index is 14.2. The van der Waals surface area contributed by atoms with E-state index in [1.165, 1.54) is 12.3 Å². The fourth-order valence-corrected chi connectivity index (χ4v) is 5.30. The van der Waals surface area contributed by atoms with E-state index >= 15 is 0 Å². The van der Waals surface area contributed by atoms with Crippen LogP contribution in [0.4, 0.5) is 17.6 Å². The monoisotopic (exact) mass is 591 g/mol. The Kier molecular flexibility index (Phi) is 7.85. The highest BCUT2D eigenvalue weighted by Crippen LogP contribution is 2.36. The number of pyridine rings is 1. The van der Waals surface area contributed by atoms with Gasteiger partial charge < -0.3 is 4.90 Å². The molecule has 0 bridgehead atoms. The van der Waals surface area contributed by atoms with E-state index in [-0.39, 0.29) is 24.4 Å². The van der Waals surface area contributed by atoms with Gasteiger partial charge in [-0.3, -0.25) is 9.69 Å². The van der Waals surface area contributed by atoms with Crippen molar-refractivity contribution in [1.29, 1.82) is 0 Å². The highest BCUT2D eigenvalue weighted by molar-refractivity contribution is 6.42. The molecule has 1 aliphatic heterocycles. The molecule has 0 spiro atoms. The first kappa shape index (κ1) is 28.1. The fraction of sp³-hybridized carbons (Fsp3) is 0.250. The highest BCUT2D eigenvalue weighted by atomic mass is 35.5. The molecule has 2 atom stereocenters. The third-order valence-electron chi connectivity index (χ3n) is 7.02. The topological polar surface area (TPSA) is 54.3 Å². The van der Waals surface area contributed by atoms with Gasteiger partial charge in [0, 0.05) is 50.2 Å². The minimum absolute atomic E-state index is 0.166. The Morgan fingerprint density at radius 2 is 1.88 bits per heavy atom. The molecule has 0 aliphatic carbocycles. The summed E-state index contributed by atoms with van der Waals surface area (Å²) >= 11 is 12.4. The number of aromatic nitrogens is 3. The molecule has 208 valence electrons. The van der Waals surface area contributed by atoms with Crippen molar-refractivity contribution in [3.8, 4) is 5.82 Å². The minimum atomic E-state index is -4.77. The maximum Gasteiger partial charge on any atom is 0.419 e. The van der Waals surface area contributed by atoms with Crippen LogP contribution < -0.4 is 0 Å². The number of halogens is 6. The summed E-state index contributed by atoms with van der Waals surface area (Å²) in [7, 11) is 1.79. The van der Waals surface area contributed by atoms with Crippen molar-refractivity contribution in [3.05, 3.63) is 111 Å². The summed E-state index contributed by atoms with van der Waals surface area (Å²) in [6, 6.07) is 13.1. The molecule has 0 radical (unpaired) electrons. The molecule has 3 heterocycles. The zero-order chi connectivity index (χ0) is 28.6. The van der Waals surface area contributed by atoms with Gasteiger partial charge in [0.1, 0.15) is 5.82 Å². The molecule has 40 heavy (non-hydrogen) atoms. The number of carbonyl (C=O) groups excluding carboxylic acids is 1. The Hall–Kier alpha value is -3.47. The van der Waals surface area contributed by atoms with E-state index in [1.54, 1.807) is 59.4 Å². The lowest BCUT2D eigenvalue weighted by atomic mass is 9.93. The molecule has 4 aromatic rings. The van der Waals surface area contributed by atoms with Crippen molar-refractivity contribution in [2.24, 2.45) is 0 Å². The summed E-state index contributed by atoms with van der Waals surface area (Å²) in [5.74, 6) is -1.17. The Morgan fingerprint density at radius 3 is 2.50 bits per heavy atom. The van der Waals surface area contributed by atoms with E-state index in [0.717, 1.165) is 17.7 Å². The van der Waals surface area contributed by atoms with E-state index < -0.39 is 17.6 Å². The van der Waals surface area contributed by atoms with Gasteiger partial charge in [-0.05, 0) is 60.6 Å². The van der Waals surface area contributed by atoms with Gasteiger partial charge in [-0.25, -0.2) is 14.1 Å². The van der Waals surface area contributed by atoms with Crippen LogP contribution in [0.3, 0.4) is 0 Å². The second kappa shape index (κ2) is 11.2. The van der Waals surface area contributed by atoms with Crippen LogP contribution in [0.1, 0.15) is 33.0 Å². The van der Waals surface area contributed by atoms with Crippen molar-refractivity contribution >= 4 is 29.1 Å². The van der Waals surface area contributed by atoms with E-state index in [0.29, 0.717) is 40.1 Å². The fourth-order valence-electron chi connectivity index (χ4n) is 5.00. The van der Waals surface area contributed by atoms with Gasteiger partial charge >= 0.3 is 6.18 Å². The Bertz CT molecular complexity index is 1510. The number of hydrogen-bond acceptors (Lipinski definition) is 4. The predicted molar refractivity (Wildman–Crippen MR) is 143 cm³/mol. The van der Waals surface area contributed by atoms with Crippen LogP contribution in [0.5, 0.6) is 0 Å². The minimum Gasteiger partial charge on any atom is -0.336 e. The summed E-state index contributed by atoms with van der Waals surface area (Å²) in [4.78, 5) is 21.4. The second-order valence-electron chi connectivity index (χ2n) is 9.64. The molecular weight excluding hydrogens is 569 g/mol. The van der Waals surface area contributed by atoms with Crippen molar-refractivity contribution < 1.29 is 22.4 Å². The summed E-state index contributed by atoms with van der Waals surface area (Å²) in [6.07, 6.45) is 0.0969. The number of carbonyl (C=O) groups is 1. The number of amides is 1. The predicted octanol–water partition coefficient (Wildman–Crippen LogP) is 6.47. The number of benzene rings is 2. The molecular formula is C28H23Cl2F4N5O. The molecule has 0 N–H and O–H groups in total. The molecule has 6 nitrogen and oxygen atoms in total. The average Bonchev–Trinajstić information content (AvgIpc) is 3.60. The van der Waals surface area contributed by atoms with Gasteiger partial charge in [-0.15, -0.1) is 0 Å². The summed E-state index contributed by atoms with van der Waals surface area (Å²) in [6.45, 7) is 0.845. The molecule has 0 unspecified atom stereocenters. The molecule has 12 heteroatoms. The molecule has 1 amide bonds. The Morgan fingerprint density at radius 1 is 1.07 bits per heavy atom. The van der Waals surface area contributed by atoms with Crippen molar-refractivity contribution in [3.63, 3.8) is 0 Å². The van der Waals surface area contributed by atoms with Crippen LogP contribution in [-0.2, 0) is 12.7 Å². The Balaban J connectivity index is 1.39. The summed E-state index contributed by atoms with van der Waals surface area (Å²) < 4.78 is 54.9. The van der Waals surface area contributed by atoms with Gasteiger partial charge in [-0.2, -0.15) is 18.3 Å². The van der Waals surface area contributed by atoms with Gasteiger partial charge in [0.05, 0.1) is 21.2 Å². The summed E-state index contributed by atoms with van der Waals surface area (Å²) in [5.41, 5.74) is 0.325. The normalized spacial score (nSPS) is 17.6. The molecule has 1 saturated heterocycles. The van der Waals surface area contributed by atoms with Crippen LogP contribution in [-0.4, -0.2) is 56.7 Å². The first-order chi connectivity index (χ1) is 19.0. The van der Waals surface area contributed by atoms with Crippen molar-refractivity contribution in [2.45, 2.75) is 24.7 Å². The van der Waals surface area contributed by atoms with E-state index in [1.807, 2.05) is 11.0 Å². The number of hydrogen-bond donors (Lipinski definition) is 0. The summed E-state index contributed by atoms with van der Waals surface area (Å²) in [5, 5.41) is 4.90. The molecule has 2 aromatic carbocycles. The van der Waals surface area contributed by atoms with Crippen LogP contribution in [0.2, 0.25) is 10.0 Å². The average molecular weight is 592 g/mol. The molecule has 2 aromatic heterocycles. The largest absolute Gasteiger partial charge is 0.419 e. The first-order valence-electron chi connectivity index (χ1n) is 12.3. The first-order valence-corrected chi connectivity index (χ1v) is 13.0. The third-order valence-corrected chi connectivity index (χ3v) is 7.76. The number of likely N-dealkylation sites (tertiary alicyclic amines) is 1. The second-order valence-corrected chi connectivity index (χ2v) is 10.5. The van der Waals surface area contributed by atoms with Crippen LogP contribution in [0.25, 0.3) is 5.82 Å². The standard InChI is InChI=1S/C28H23Cl2F4N5O/c1-37(14-17-3-6-21(24(31)11-17)28(32,33)34)25-16-38(15-20(25)18-4-7-22(29)23(30)12-18)27(40)19-5-8-26(35-13-19)39-10-2-9-36-39/h2-13,20,25H,14-16H2,1H3/t20-,25-/m1/s1. The van der Waals surface area contributed by atoms with Gasteiger partial charge in [0.15, 0.2) is 5.82 Å². The third kappa shape index (κ3) is 5.84. The highest BCUT2D eigenvalue weighted by Gasteiger charge is 2.39. The van der Waals surface area contributed by atoms with E-state index in [9.17, 15) is 22.4 Å². The number of nitrogens with zero attached hydrogens (tertiary/aromatic N) is 5. The van der Waals surface area contributed by atoms with Crippen molar-refractivity contribution in [2.75, 3.05) is 20.1 Å².